The number of anilines is 1. The first-order valence-electron chi connectivity index (χ1n) is 10.5. The molecule has 1 amide bonds. The molecule has 138 valence electrons. The molecule has 0 radical (unpaired) electrons. The molecule has 4 heteroatoms. The monoisotopic (exact) mass is 353 g/mol. The third-order valence-electron chi connectivity index (χ3n) is 7.70. The molecule has 0 saturated heterocycles. The molecule has 5 fully saturated rings. The Morgan fingerprint density at radius 2 is 1.58 bits per heavy atom. The Balaban J connectivity index is 1.19. The SMILES string of the molecule is O=C(Nc1ccc2c(c1)OC1(CCCC1)O2)C1C2CC3CC(C2)CC1C3. The summed E-state index contributed by atoms with van der Waals surface area (Å²) in [5.41, 5.74) is 0.848. The minimum absolute atomic E-state index is 0.217. The first kappa shape index (κ1) is 15.4. The smallest absolute Gasteiger partial charge is 0.251 e. The van der Waals surface area contributed by atoms with Gasteiger partial charge in [0, 0.05) is 30.5 Å². The molecule has 1 aromatic carbocycles. The number of amides is 1. The summed E-state index contributed by atoms with van der Waals surface area (Å²) < 4.78 is 12.2. The van der Waals surface area contributed by atoms with Crippen LogP contribution in [0.25, 0.3) is 0 Å². The molecular weight excluding hydrogens is 326 g/mol. The van der Waals surface area contributed by atoms with Crippen LogP contribution in [0, 0.1) is 29.6 Å². The maximum absolute atomic E-state index is 13.1. The van der Waals surface area contributed by atoms with E-state index in [9.17, 15) is 4.79 Å². The lowest BCUT2D eigenvalue weighted by Gasteiger charge is -2.53. The molecule has 5 aliphatic carbocycles. The lowest BCUT2D eigenvalue weighted by molar-refractivity contribution is -0.132. The predicted octanol–water partition coefficient (Wildman–Crippen LogP) is 4.74. The average molecular weight is 353 g/mol. The van der Waals surface area contributed by atoms with Crippen molar-refractivity contribution < 1.29 is 14.3 Å². The maximum Gasteiger partial charge on any atom is 0.251 e. The van der Waals surface area contributed by atoms with Crippen molar-refractivity contribution in [3.8, 4) is 11.5 Å². The van der Waals surface area contributed by atoms with Crippen molar-refractivity contribution in [3.05, 3.63) is 18.2 Å². The van der Waals surface area contributed by atoms with E-state index >= 15 is 0 Å². The molecule has 1 aromatic rings. The Morgan fingerprint density at radius 1 is 0.923 bits per heavy atom. The van der Waals surface area contributed by atoms with E-state index in [4.69, 9.17) is 9.47 Å². The topological polar surface area (TPSA) is 47.6 Å². The van der Waals surface area contributed by atoms with Gasteiger partial charge >= 0.3 is 0 Å². The molecule has 7 rings (SSSR count). The number of fused-ring (bicyclic) bond motifs is 1. The second-order valence-corrected chi connectivity index (χ2v) is 9.43. The number of ether oxygens (including phenoxy) is 2. The van der Waals surface area contributed by atoms with Crippen LogP contribution >= 0.6 is 0 Å². The van der Waals surface area contributed by atoms with E-state index in [0.717, 1.165) is 54.7 Å². The molecule has 0 aromatic heterocycles. The molecule has 1 spiro atoms. The van der Waals surface area contributed by atoms with Crippen molar-refractivity contribution in [2.24, 2.45) is 29.6 Å². The van der Waals surface area contributed by atoms with Gasteiger partial charge in [-0.2, -0.15) is 0 Å². The van der Waals surface area contributed by atoms with Gasteiger partial charge in [-0.25, -0.2) is 0 Å². The van der Waals surface area contributed by atoms with Crippen LogP contribution in [0.15, 0.2) is 18.2 Å². The van der Waals surface area contributed by atoms with E-state index in [1.165, 1.54) is 32.1 Å². The highest BCUT2D eigenvalue weighted by Gasteiger charge is 2.51. The van der Waals surface area contributed by atoms with Gasteiger partial charge in [0.25, 0.3) is 5.79 Å². The number of benzene rings is 1. The number of rotatable bonds is 2. The van der Waals surface area contributed by atoms with E-state index < -0.39 is 5.79 Å². The maximum atomic E-state index is 13.1. The van der Waals surface area contributed by atoms with Gasteiger partial charge in [0.1, 0.15) is 0 Å². The lowest BCUT2D eigenvalue weighted by atomic mass is 9.51. The summed E-state index contributed by atoms with van der Waals surface area (Å²) in [4.78, 5) is 13.1. The van der Waals surface area contributed by atoms with Crippen LogP contribution in [0.5, 0.6) is 11.5 Å². The highest BCUT2D eigenvalue weighted by Crippen LogP contribution is 2.56. The van der Waals surface area contributed by atoms with Gasteiger partial charge in [0.05, 0.1) is 0 Å². The molecule has 26 heavy (non-hydrogen) atoms. The van der Waals surface area contributed by atoms with Gasteiger partial charge < -0.3 is 14.8 Å². The summed E-state index contributed by atoms with van der Waals surface area (Å²) in [5, 5.41) is 3.20. The Bertz CT molecular complexity index is 724. The predicted molar refractivity (Wildman–Crippen MR) is 98.1 cm³/mol. The largest absolute Gasteiger partial charge is 0.448 e. The van der Waals surface area contributed by atoms with Gasteiger partial charge in [-0.05, 0) is 80.8 Å². The number of carbonyl (C=O) groups excluding carboxylic acids is 1. The van der Waals surface area contributed by atoms with Gasteiger partial charge in [0.2, 0.25) is 5.91 Å². The third kappa shape index (κ3) is 2.30. The van der Waals surface area contributed by atoms with E-state index in [-0.39, 0.29) is 11.8 Å². The summed E-state index contributed by atoms with van der Waals surface area (Å²) in [5.74, 6) is 4.64. The van der Waals surface area contributed by atoms with Crippen molar-refractivity contribution in [1.29, 1.82) is 0 Å². The van der Waals surface area contributed by atoms with E-state index in [1.807, 2.05) is 18.2 Å². The molecule has 1 heterocycles. The van der Waals surface area contributed by atoms with Gasteiger partial charge in [-0.3, -0.25) is 4.79 Å². The molecule has 1 aliphatic heterocycles. The highest BCUT2D eigenvalue weighted by atomic mass is 16.7. The van der Waals surface area contributed by atoms with Gasteiger partial charge in [-0.15, -0.1) is 0 Å². The van der Waals surface area contributed by atoms with E-state index in [2.05, 4.69) is 5.32 Å². The number of hydrogen-bond acceptors (Lipinski definition) is 3. The van der Waals surface area contributed by atoms with Gasteiger partial charge in [0.15, 0.2) is 11.5 Å². The van der Waals surface area contributed by atoms with Crippen LogP contribution < -0.4 is 14.8 Å². The van der Waals surface area contributed by atoms with Crippen LogP contribution in [0.4, 0.5) is 5.69 Å². The van der Waals surface area contributed by atoms with Crippen molar-refractivity contribution in [3.63, 3.8) is 0 Å². The summed E-state index contributed by atoms with van der Waals surface area (Å²) in [7, 11) is 0. The summed E-state index contributed by atoms with van der Waals surface area (Å²) in [6, 6.07) is 5.87. The van der Waals surface area contributed by atoms with Gasteiger partial charge in [-0.1, -0.05) is 0 Å². The van der Waals surface area contributed by atoms with Crippen LogP contribution in [-0.4, -0.2) is 11.7 Å². The highest BCUT2D eigenvalue weighted by molar-refractivity contribution is 5.93. The second-order valence-electron chi connectivity index (χ2n) is 9.43. The Morgan fingerprint density at radius 3 is 2.27 bits per heavy atom. The van der Waals surface area contributed by atoms with E-state index in [1.54, 1.807) is 0 Å². The fraction of sp³-hybridized carbons (Fsp3) is 0.682. The fourth-order valence-electron chi connectivity index (χ4n) is 6.87. The first-order valence-corrected chi connectivity index (χ1v) is 10.5. The Kier molecular flexibility index (Phi) is 3.19. The molecule has 0 atom stereocenters. The average Bonchev–Trinajstić information content (AvgIpc) is 3.19. The second kappa shape index (κ2) is 5.40. The minimum Gasteiger partial charge on any atom is -0.448 e. The zero-order valence-corrected chi connectivity index (χ0v) is 15.2. The molecule has 6 aliphatic rings. The molecule has 4 nitrogen and oxygen atoms in total. The quantitative estimate of drug-likeness (QED) is 0.835. The molecule has 1 N–H and O–H groups in total. The first-order chi connectivity index (χ1) is 12.7. The van der Waals surface area contributed by atoms with Crippen LogP contribution in [0.1, 0.15) is 57.8 Å². The van der Waals surface area contributed by atoms with Crippen LogP contribution in [-0.2, 0) is 4.79 Å². The summed E-state index contributed by atoms with van der Waals surface area (Å²) >= 11 is 0. The number of hydrogen-bond donors (Lipinski definition) is 1. The van der Waals surface area contributed by atoms with Crippen molar-refractivity contribution >= 4 is 11.6 Å². The zero-order valence-electron chi connectivity index (χ0n) is 15.2. The van der Waals surface area contributed by atoms with Crippen molar-refractivity contribution in [2.45, 2.75) is 63.6 Å². The fourth-order valence-corrected chi connectivity index (χ4v) is 6.87. The molecule has 5 saturated carbocycles. The van der Waals surface area contributed by atoms with Crippen LogP contribution in [0.2, 0.25) is 0 Å². The van der Waals surface area contributed by atoms with E-state index in [0.29, 0.717) is 11.8 Å². The normalized spacial score (nSPS) is 38.1. The molecular formula is C22H27NO3. The number of carbonyl (C=O) groups is 1. The molecule has 0 unspecified atom stereocenters. The van der Waals surface area contributed by atoms with Crippen molar-refractivity contribution in [2.75, 3.05) is 5.32 Å². The lowest BCUT2D eigenvalue weighted by Crippen LogP contribution is -2.49. The number of nitrogens with one attached hydrogen (secondary N) is 1. The summed E-state index contributed by atoms with van der Waals surface area (Å²) in [6.07, 6.45) is 10.7. The van der Waals surface area contributed by atoms with Crippen molar-refractivity contribution in [1.82, 2.24) is 0 Å². The Labute approximate surface area is 154 Å². The standard InChI is InChI=1S/C22H27NO3/c24-21(20-15-8-13-7-14(10-15)11-16(20)9-13)23-17-3-4-18-19(12-17)26-22(25-18)5-1-2-6-22/h3-4,12-16,20H,1-2,5-11H2,(H,23,24). The van der Waals surface area contributed by atoms with Crippen LogP contribution in [0.3, 0.4) is 0 Å². The minimum atomic E-state index is -0.438. The summed E-state index contributed by atoms with van der Waals surface area (Å²) in [6.45, 7) is 0. The molecule has 4 bridgehead atoms. The third-order valence-corrected chi connectivity index (χ3v) is 7.70. The Hall–Kier alpha value is -1.71. The zero-order chi connectivity index (χ0) is 17.3.